The molecule has 0 spiro atoms. The summed E-state index contributed by atoms with van der Waals surface area (Å²) < 4.78 is 28.7. The van der Waals surface area contributed by atoms with Crippen LogP contribution in [0.3, 0.4) is 0 Å². The van der Waals surface area contributed by atoms with Crippen LogP contribution in [0.5, 0.6) is 0 Å². The third-order valence-corrected chi connectivity index (χ3v) is 5.50. The van der Waals surface area contributed by atoms with Crippen LogP contribution in [0.25, 0.3) is 11.0 Å². The lowest BCUT2D eigenvalue weighted by molar-refractivity contribution is 0.222. The molecule has 6 nitrogen and oxygen atoms in total. The van der Waals surface area contributed by atoms with E-state index in [0.717, 1.165) is 30.7 Å². The van der Waals surface area contributed by atoms with Crippen molar-refractivity contribution in [3.8, 4) is 0 Å². The first-order valence-electron chi connectivity index (χ1n) is 8.38. The number of likely N-dealkylation sites (tertiary alicyclic amines) is 1. The van der Waals surface area contributed by atoms with Gasteiger partial charge in [0.2, 0.25) is 16.0 Å². The highest BCUT2D eigenvalue weighted by atomic mass is 32.2. The Balaban J connectivity index is 1.85. The van der Waals surface area contributed by atoms with Gasteiger partial charge in [-0.2, -0.15) is 0 Å². The van der Waals surface area contributed by atoms with Crippen molar-refractivity contribution >= 4 is 27.0 Å². The molecule has 0 saturated carbocycles. The number of imidazole rings is 1. The van der Waals surface area contributed by atoms with E-state index in [1.165, 1.54) is 25.3 Å². The molecule has 0 radical (unpaired) electrons. The topological polar surface area (TPSA) is 67.2 Å². The fourth-order valence-corrected chi connectivity index (χ4v) is 3.97. The summed E-state index contributed by atoms with van der Waals surface area (Å²) in [6.45, 7) is 7.34. The van der Waals surface area contributed by atoms with Crippen LogP contribution in [0.2, 0.25) is 0 Å². The summed E-state index contributed by atoms with van der Waals surface area (Å²) in [5.41, 5.74) is 1.75. The van der Waals surface area contributed by atoms with Crippen LogP contribution in [0.1, 0.15) is 19.3 Å². The Hall–Kier alpha value is -1.86. The van der Waals surface area contributed by atoms with Gasteiger partial charge >= 0.3 is 0 Å². The van der Waals surface area contributed by atoms with Gasteiger partial charge in [0.05, 0.1) is 16.8 Å². The molecule has 2 heterocycles. The molecule has 0 unspecified atom stereocenters. The normalized spacial score (nSPS) is 16.3. The van der Waals surface area contributed by atoms with E-state index in [1.54, 1.807) is 0 Å². The SMILES string of the molecule is C=CCS(=O)(=O)Nc1nc2ccccc2n1CCN1CCCCC1. The summed E-state index contributed by atoms with van der Waals surface area (Å²) in [6, 6.07) is 7.73. The van der Waals surface area contributed by atoms with Gasteiger partial charge in [-0.3, -0.25) is 4.72 Å². The molecule has 130 valence electrons. The second-order valence-electron chi connectivity index (χ2n) is 6.15. The predicted octanol–water partition coefficient (Wildman–Crippen LogP) is 2.45. The van der Waals surface area contributed by atoms with Gasteiger partial charge in [-0.25, -0.2) is 13.4 Å². The second-order valence-corrected chi connectivity index (χ2v) is 7.92. The Morgan fingerprint density at radius 2 is 1.92 bits per heavy atom. The van der Waals surface area contributed by atoms with Crippen molar-refractivity contribution in [1.29, 1.82) is 0 Å². The smallest absolute Gasteiger partial charge is 0.238 e. The Bertz CT molecular complexity index is 807. The number of para-hydroxylation sites is 2. The van der Waals surface area contributed by atoms with Crippen LogP contribution in [0, 0.1) is 0 Å². The Morgan fingerprint density at radius 3 is 2.67 bits per heavy atom. The number of nitrogens with zero attached hydrogens (tertiary/aromatic N) is 3. The molecule has 1 fully saturated rings. The summed E-state index contributed by atoms with van der Waals surface area (Å²) in [5.74, 6) is 0.262. The molecule has 1 aliphatic rings. The van der Waals surface area contributed by atoms with E-state index in [9.17, 15) is 8.42 Å². The lowest BCUT2D eigenvalue weighted by Crippen LogP contribution is -2.33. The van der Waals surface area contributed by atoms with E-state index >= 15 is 0 Å². The predicted molar refractivity (Wildman–Crippen MR) is 97.6 cm³/mol. The largest absolute Gasteiger partial charge is 0.308 e. The fraction of sp³-hybridized carbons (Fsp3) is 0.471. The van der Waals surface area contributed by atoms with Crippen molar-refractivity contribution in [3.05, 3.63) is 36.9 Å². The molecular formula is C17H24N4O2S. The number of rotatable bonds is 7. The van der Waals surface area contributed by atoms with Gasteiger partial charge in [0.15, 0.2) is 0 Å². The van der Waals surface area contributed by atoms with Crippen LogP contribution in [-0.2, 0) is 16.6 Å². The number of fused-ring (bicyclic) bond motifs is 1. The summed E-state index contributed by atoms with van der Waals surface area (Å²) in [6.07, 6.45) is 5.16. The first kappa shape index (κ1) is 17.0. The highest BCUT2D eigenvalue weighted by Crippen LogP contribution is 2.21. The number of hydrogen-bond acceptors (Lipinski definition) is 4. The van der Waals surface area contributed by atoms with Crippen LogP contribution in [0.15, 0.2) is 36.9 Å². The molecule has 1 N–H and O–H groups in total. The first-order valence-corrected chi connectivity index (χ1v) is 10.0. The third-order valence-electron chi connectivity index (χ3n) is 4.33. The maximum absolute atomic E-state index is 12.1. The van der Waals surface area contributed by atoms with Crippen molar-refractivity contribution in [3.63, 3.8) is 0 Å². The zero-order chi connectivity index (χ0) is 17.0. The van der Waals surface area contributed by atoms with Crippen molar-refractivity contribution in [2.75, 3.05) is 30.1 Å². The number of benzene rings is 1. The van der Waals surface area contributed by atoms with Gasteiger partial charge in [-0.05, 0) is 38.1 Å². The molecule has 0 amide bonds. The standard InChI is InChI=1S/C17H24N4O2S/c1-2-14-24(22,23)19-17-18-15-8-4-5-9-16(15)21(17)13-12-20-10-6-3-7-11-20/h2,4-5,8-9H,1,3,6-7,10-14H2,(H,18,19). The quantitative estimate of drug-likeness (QED) is 0.781. The zero-order valence-electron chi connectivity index (χ0n) is 13.8. The first-order chi connectivity index (χ1) is 11.6. The molecule has 2 aromatic rings. The summed E-state index contributed by atoms with van der Waals surface area (Å²) in [5, 5.41) is 0. The molecular weight excluding hydrogens is 324 g/mol. The minimum absolute atomic E-state index is 0.123. The van der Waals surface area contributed by atoms with E-state index in [1.807, 2.05) is 28.8 Å². The van der Waals surface area contributed by atoms with Crippen LogP contribution in [0.4, 0.5) is 5.95 Å². The molecule has 0 aliphatic carbocycles. The highest BCUT2D eigenvalue weighted by Gasteiger charge is 2.17. The molecule has 0 atom stereocenters. The lowest BCUT2D eigenvalue weighted by Gasteiger charge is -2.26. The minimum Gasteiger partial charge on any atom is -0.308 e. The molecule has 0 bridgehead atoms. The zero-order valence-corrected chi connectivity index (χ0v) is 14.6. The number of piperidine rings is 1. The minimum atomic E-state index is -3.46. The second kappa shape index (κ2) is 7.36. The molecule has 1 aromatic carbocycles. The Labute approximate surface area is 143 Å². The molecule has 1 aromatic heterocycles. The molecule has 1 aliphatic heterocycles. The van der Waals surface area contributed by atoms with Gasteiger partial charge < -0.3 is 9.47 Å². The van der Waals surface area contributed by atoms with Gasteiger partial charge in [0.1, 0.15) is 0 Å². The van der Waals surface area contributed by atoms with Crippen molar-refractivity contribution in [2.45, 2.75) is 25.8 Å². The highest BCUT2D eigenvalue weighted by molar-refractivity contribution is 7.92. The summed E-state index contributed by atoms with van der Waals surface area (Å²) in [7, 11) is -3.46. The summed E-state index contributed by atoms with van der Waals surface area (Å²) >= 11 is 0. The third kappa shape index (κ3) is 3.96. The fourth-order valence-electron chi connectivity index (χ4n) is 3.14. The Morgan fingerprint density at radius 1 is 1.17 bits per heavy atom. The molecule has 1 saturated heterocycles. The van der Waals surface area contributed by atoms with E-state index in [4.69, 9.17) is 0 Å². The van der Waals surface area contributed by atoms with Crippen LogP contribution < -0.4 is 4.72 Å². The average molecular weight is 348 g/mol. The molecule has 3 rings (SSSR count). The van der Waals surface area contributed by atoms with Gasteiger partial charge in [0, 0.05) is 13.1 Å². The lowest BCUT2D eigenvalue weighted by atomic mass is 10.1. The number of nitrogens with one attached hydrogen (secondary N) is 1. The van der Waals surface area contributed by atoms with E-state index in [0.29, 0.717) is 12.5 Å². The number of hydrogen-bond donors (Lipinski definition) is 1. The maximum Gasteiger partial charge on any atom is 0.238 e. The van der Waals surface area contributed by atoms with Gasteiger partial charge in [0.25, 0.3) is 0 Å². The van der Waals surface area contributed by atoms with Crippen molar-refractivity contribution < 1.29 is 8.42 Å². The average Bonchev–Trinajstić information content (AvgIpc) is 2.90. The van der Waals surface area contributed by atoms with Crippen LogP contribution >= 0.6 is 0 Å². The number of anilines is 1. The van der Waals surface area contributed by atoms with Crippen LogP contribution in [-0.4, -0.2) is 48.3 Å². The number of aromatic nitrogens is 2. The Kier molecular flexibility index (Phi) is 5.20. The van der Waals surface area contributed by atoms with E-state index < -0.39 is 10.0 Å². The van der Waals surface area contributed by atoms with Crippen molar-refractivity contribution in [1.82, 2.24) is 14.5 Å². The summed E-state index contributed by atoms with van der Waals surface area (Å²) in [4.78, 5) is 6.89. The monoisotopic (exact) mass is 348 g/mol. The maximum atomic E-state index is 12.1. The van der Waals surface area contributed by atoms with E-state index in [-0.39, 0.29) is 5.75 Å². The van der Waals surface area contributed by atoms with E-state index in [2.05, 4.69) is 21.2 Å². The van der Waals surface area contributed by atoms with Gasteiger partial charge in [-0.1, -0.05) is 24.6 Å². The number of sulfonamides is 1. The van der Waals surface area contributed by atoms with Crippen molar-refractivity contribution in [2.24, 2.45) is 0 Å². The molecule has 24 heavy (non-hydrogen) atoms. The molecule has 7 heteroatoms. The van der Waals surface area contributed by atoms with Gasteiger partial charge in [-0.15, -0.1) is 6.58 Å².